The van der Waals surface area contributed by atoms with Gasteiger partial charge in [-0.05, 0) is 61.9 Å². The number of piperidine rings is 1. The highest BCUT2D eigenvalue weighted by molar-refractivity contribution is 6.03. The van der Waals surface area contributed by atoms with Crippen LogP contribution in [0.5, 0.6) is 0 Å². The summed E-state index contributed by atoms with van der Waals surface area (Å²) in [4.78, 5) is 46.3. The Hall–Kier alpha value is -4.27. The average Bonchev–Trinajstić information content (AvgIpc) is 3.75. The van der Waals surface area contributed by atoms with Crippen molar-refractivity contribution < 1.29 is 31.9 Å². The van der Waals surface area contributed by atoms with Gasteiger partial charge in [-0.3, -0.25) is 19.1 Å². The highest BCUT2D eigenvalue weighted by Gasteiger charge is 2.58. The molecule has 15 heteroatoms. The number of amides is 3. The molecule has 2 saturated heterocycles. The van der Waals surface area contributed by atoms with Gasteiger partial charge in [0.15, 0.2) is 11.5 Å². The lowest BCUT2D eigenvalue weighted by atomic mass is 10.1. The van der Waals surface area contributed by atoms with Crippen molar-refractivity contribution in [3.05, 3.63) is 53.5 Å². The number of fused-ring (bicyclic) bond motifs is 1. The summed E-state index contributed by atoms with van der Waals surface area (Å²) in [6, 6.07) is 3.66. The van der Waals surface area contributed by atoms with Gasteiger partial charge in [0.2, 0.25) is 5.91 Å². The molecule has 2 aliphatic heterocycles. The summed E-state index contributed by atoms with van der Waals surface area (Å²) < 4.78 is 59.0. The topological polar surface area (TPSA) is 117 Å². The second-order valence-corrected chi connectivity index (χ2v) is 12.4. The van der Waals surface area contributed by atoms with Gasteiger partial charge in [0.25, 0.3) is 11.8 Å². The zero-order valence-electron chi connectivity index (χ0n) is 24.5. The first-order chi connectivity index (χ1) is 21.5. The number of piperazine rings is 1. The minimum absolute atomic E-state index is 0.0479. The summed E-state index contributed by atoms with van der Waals surface area (Å²) in [5, 5.41) is 9.54. The molecular formula is C30H32F4N8O3. The largest absolute Gasteiger partial charge is 0.435 e. The van der Waals surface area contributed by atoms with E-state index in [0.29, 0.717) is 50.5 Å². The third-order valence-corrected chi connectivity index (χ3v) is 9.35. The van der Waals surface area contributed by atoms with Crippen LogP contribution in [0.15, 0.2) is 30.6 Å². The third kappa shape index (κ3) is 5.57. The Labute approximate surface area is 255 Å². The quantitative estimate of drug-likeness (QED) is 0.389. The minimum atomic E-state index is -4.70. The molecule has 3 aromatic rings. The normalized spacial score (nSPS) is 22.8. The van der Waals surface area contributed by atoms with Crippen LogP contribution in [0.4, 0.5) is 23.2 Å². The monoisotopic (exact) mass is 628 g/mol. The summed E-state index contributed by atoms with van der Waals surface area (Å²) in [5.74, 6) is -0.977. The summed E-state index contributed by atoms with van der Waals surface area (Å²) >= 11 is 0. The number of imidazole rings is 1. The van der Waals surface area contributed by atoms with Crippen LogP contribution in [0.1, 0.15) is 39.5 Å². The molecule has 1 aromatic carbocycles. The van der Waals surface area contributed by atoms with Crippen molar-refractivity contribution in [2.45, 2.75) is 25.6 Å². The van der Waals surface area contributed by atoms with Gasteiger partial charge in [0.1, 0.15) is 5.82 Å². The van der Waals surface area contributed by atoms with E-state index >= 15 is 4.39 Å². The maximum Gasteiger partial charge on any atom is 0.435 e. The molecular weight excluding hydrogens is 596 g/mol. The van der Waals surface area contributed by atoms with E-state index in [1.165, 1.54) is 45.7 Å². The van der Waals surface area contributed by atoms with Crippen LogP contribution >= 0.6 is 0 Å². The lowest BCUT2D eigenvalue weighted by Gasteiger charge is -2.35. The number of carbonyl (C=O) groups is 3. The highest BCUT2D eigenvalue weighted by Crippen LogP contribution is 2.49. The number of rotatable bonds is 7. The standard InChI is InChI=1S/C30H32F4N8O3/c1-39-23(21-15-42(14-16-2-3-16)38-25(21)30(32,33)34)13-36-26(39)27(43)37-17-4-5-18(22(31)10-17)28(44)40-6-8-41(9-7-40)29(45)24-19-11-35-12-20(19)24/h4-5,10,13,15-16,19-20,24,35H,2-3,6-9,11-12,14H2,1H3,(H,37,43)/t19-,20+,24+. The van der Waals surface area contributed by atoms with Crippen molar-refractivity contribution in [3.63, 3.8) is 0 Å². The maximum atomic E-state index is 15.1. The van der Waals surface area contributed by atoms with Gasteiger partial charge in [0.05, 0.1) is 23.0 Å². The second-order valence-electron chi connectivity index (χ2n) is 12.4. The van der Waals surface area contributed by atoms with E-state index in [-0.39, 0.29) is 40.2 Å². The molecule has 0 bridgehead atoms. The third-order valence-electron chi connectivity index (χ3n) is 9.35. The Kier molecular flexibility index (Phi) is 7.17. The number of hydrogen-bond acceptors (Lipinski definition) is 6. The Morgan fingerprint density at radius 3 is 2.38 bits per heavy atom. The van der Waals surface area contributed by atoms with Crippen LogP contribution in [0.25, 0.3) is 11.3 Å². The molecule has 0 spiro atoms. The summed E-state index contributed by atoms with van der Waals surface area (Å²) in [6.07, 6.45) is -0.322. The molecule has 11 nitrogen and oxygen atoms in total. The van der Waals surface area contributed by atoms with E-state index < -0.39 is 29.5 Å². The molecule has 4 heterocycles. The fraction of sp³-hybridized carbons (Fsp3) is 0.500. The fourth-order valence-electron chi connectivity index (χ4n) is 6.60. The van der Waals surface area contributed by atoms with Crippen LogP contribution in [-0.4, -0.2) is 86.1 Å². The predicted octanol–water partition coefficient (Wildman–Crippen LogP) is 2.85. The molecule has 3 amide bonds. The highest BCUT2D eigenvalue weighted by atomic mass is 19.4. The van der Waals surface area contributed by atoms with Gasteiger partial charge in [-0.25, -0.2) is 9.37 Å². The number of anilines is 1. The number of benzene rings is 1. The molecule has 45 heavy (non-hydrogen) atoms. The van der Waals surface area contributed by atoms with Gasteiger partial charge in [0, 0.05) is 57.6 Å². The van der Waals surface area contributed by atoms with Crippen molar-refractivity contribution in [3.8, 4) is 11.3 Å². The van der Waals surface area contributed by atoms with E-state index in [2.05, 4.69) is 20.7 Å². The summed E-state index contributed by atoms with van der Waals surface area (Å²) in [7, 11) is 1.42. The lowest BCUT2D eigenvalue weighted by Crippen LogP contribution is -2.51. The van der Waals surface area contributed by atoms with Crippen molar-refractivity contribution in [1.82, 2.24) is 34.4 Å². The molecule has 2 aliphatic carbocycles. The molecule has 238 valence electrons. The smallest absolute Gasteiger partial charge is 0.339 e. The van der Waals surface area contributed by atoms with Gasteiger partial charge >= 0.3 is 6.18 Å². The molecule has 0 unspecified atom stereocenters. The van der Waals surface area contributed by atoms with E-state index in [0.717, 1.165) is 32.0 Å². The van der Waals surface area contributed by atoms with Crippen LogP contribution in [0, 0.1) is 29.5 Å². The van der Waals surface area contributed by atoms with E-state index in [4.69, 9.17) is 0 Å². The van der Waals surface area contributed by atoms with Gasteiger partial charge in [-0.2, -0.15) is 18.3 Å². The van der Waals surface area contributed by atoms with E-state index in [1.54, 1.807) is 4.90 Å². The Morgan fingerprint density at radius 1 is 1.04 bits per heavy atom. The zero-order chi connectivity index (χ0) is 31.6. The fourth-order valence-corrected chi connectivity index (χ4v) is 6.60. The second kappa shape index (κ2) is 11.0. The molecule has 2 aromatic heterocycles. The van der Waals surface area contributed by atoms with Crippen molar-refractivity contribution >= 4 is 23.4 Å². The maximum absolute atomic E-state index is 15.1. The van der Waals surface area contributed by atoms with Gasteiger partial charge in [-0.15, -0.1) is 0 Å². The van der Waals surface area contributed by atoms with Crippen LogP contribution in [0.2, 0.25) is 0 Å². The Morgan fingerprint density at radius 2 is 1.73 bits per heavy atom. The number of aromatic nitrogens is 4. The van der Waals surface area contributed by atoms with E-state index in [9.17, 15) is 27.6 Å². The molecule has 7 rings (SSSR count). The van der Waals surface area contributed by atoms with Crippen LogP contribution in [0.3, 0.4) is 0 Å². The number of hydrogen-bond donors (Lipinski definition) is 2. The molecule has 2 saturated carbocycles. The number of alkyl halides is 3. The first-order valence-electron chi connectivity index (χ1n) is 15.1. The molecule has 4 fully saturated rings. The lowest BCUT2D eigenvalue weighted by molar-refractivity contribution is -0.141. The first-order valence-corrected chi connectivity index (χ1v) is 15.1. The van der Waals surface area contributed by atoms with Gasteiger partial charge in [-0.1, -0.05) is 0 Å². The SMILES string of the molecule is Cn1c(-c2cn(CC3CC3)nc2C(F)(F)F)cnc1C(=O)Nc1ccc(C(=O)N2CCN(C(=O)[C@H]3[C@@H]4CNC[C@@H]43)CC2)c(F)c1. The van der Waals surface area contributed by atoms with Crippen molar-refractivity contribution in [2.24, 2.45) is 30.7 Å². The molecule has 2 N–H and O–H groups in total. The van der Waals surface area contributed by atoms with Crippen molar-refractivity contribution in [2.75, 3.05) is 44.6 Å². The average molecular weight is 629 g/mol. The van der Waals surface area contributed by atoms with Crippen molar-refractivity contribution in [1.29, 1.82) is 0 Å². The van der Waals surface area contributed by atoms with Crippen LogP contribution in [-0.2, 0) is 24.6 Å². The number of carbonyl (C=O) groups excluding carboxylic acids is 3. The molecule has 3 atom stereocenters. The minimum Gasteiger partial charge on any atom is -0.339 e. The van der Waals surface area contributed by atoms with Gasteiger partial charge < -0.3 is 25.0 Å². The zero-order valence-corrected chi connectivity index (χ0v) is 24.5. The number of nitrogens with zero attached hydrogens (tertiary/aromatic N) is 6. The first kappa shape index (κ1) is 29.4. The molecule has 0 radical (unpaired) electrons. The number of nitrogens with one attached hydrogen (secondary N) is 2. The Balaban J connectivity index is 0.996. The predicted molar refractivity (Wildman–Crippen MR) is 152 cm³/mol. The molecule has 4 aliphatic rings. The van der Waals surface area contributed by atoms with Crippen LogP contribution < -0.4 is 10.6 Å². The Bertz CT molecular complexity index is 1660. The number of halogens is 4. The summed E-state index contributed by atoms with van der Waals surface area (Å²) in [6.45, 7) is 3.48. The summed E-state index contributed by atoms with van der Waals surface area (Å²) in [5.41, 5.74) is -1.31. The van der Waals surface area contributed by atoms with E-state index in [1.807, 2.05) is 0 Å².